The first-order valence-electron chi connectivity index (χ1n) is 7.87. The number of halogens is 1. The summed E-state index contributed by atoms with van der Waals surface area (Å²) in [4.78, 5) is 21.9. The summed E-state index contributed by atoms with van der Waals surface area (Å²) in [5.74, 6) is 0.728. The van der Waals surface area contributed by atoms with E-state index in [0.29, 0.717) is 18.1 Å². The van der Waals surface area contributed by atoms with Gasteiger partial charge in [0, 0.05) is 18.1 Å². The fraction of sp³-hybridized carbons (Fsp3) is 0.222. The van der Waals surface area contributed by atoms with E-state index in [1.165, 1.54) is 11.1 Å². The smallest absolute Gasteiger partial charge is 0.234 e. The minimum absolute atomic E-state index is 0.00120. The van der Waals surface area contributed by atoms with Crippen LogP contribution in [0.4, 0.5) is 0 Å². The van der Waals surface area contributed by atoms with Gasteiger partial charge in [-0.2, -0.15) is 0 Å². The lowest BCUT2D eigenvalue weighted by Gasteiger charge is -2.13. The second-order valence-corrected chi connectivity index (χ2v) is 6.47. The Bertz CT molecular complexity index is 880. The largest absolute Gasteiger partial charge is 0.348 e. The quantitative estimate of drug-likeness (QED) is 0.767. The van der Waals surface area contributed by atoms with Gasteiger partial charge in [-0.15, -0.1) is 0 Å². The van der Waals surface area contributed by atoms with Crippen molar-refractivity contribution in [2.75, 3.05) is 6.54 Å². The molecule has 1 aliphatic rings. The molecule has 1 amide bonds. The standard InChI is InChI=1S/C18H17ClN4O/c19-14-5-6-15-16(7-14)22-17(21-15)8-20-18(24)11-23-9-12-3-1-2-4-13(12)10-23/h1-7H,8-11H2,(H,20,24)(H,21,22). The van der Waals surface area contributed by atoms with Gasteiger partial charge in [-0.05, 0) is 29.3 Å². The predicted octanol–water partition coefficient (Wildman–Crippen LogP) is 2.85. The Morgan fingerprint density at radius 3 is 2.71 bits per heavy atom. The van der Waals surface area contributed by atoms with E-state index in [1.54, 1.807) is 6.07 Å². The summed E-state index contributed by atoms with van der Waals surface area (Å²) in [6.07, 6.45) is 0. The normalized spacial score (nSPS) is 14.0. The summed E-state index contributed by atoms with van der Waals surface area (Å²) in [5, 5.41) is 3.58. The Balaban J connectivity index is 1.33. The van der Waals surface area contributed by atoms with Crippen LogP contribution in [0, 0.1) is 0 Å². The van der Waals surface area contributed by atoms with Crippen LogP contribution in [0.5, 0.6) is 0 Å². The van der Waals surface area contributed by atoms with Crippen molar-refractivity contribution in [1.82, 2.24) is 20.2 Å². The summed E-state index contributed by atoms with van der Waals surface area (Å²) in [7, 11) is 0. The zero-order valence-corrected chi connectivity index (χ0v) is 13.8. The Kier molecular flexibility index (Phi) is 3.96. The topological polar surface area (TPSA) is 61.0 Å². The van der Waals surface area contributed by atoms with E-state index in [2.05, 4.69) is 32.3 Å². The molecule has 0 unspecified atom stereocenters. The highest BCUT2D eigenvalue weighted by molar-refractivity contribution is 6.31. The maximum atomic E-state index is 12.2. The fourth-order valence-electron chi connectivity index (χ4n) is 3.08. The third-order valence-corrected chi connectivity index (χ3v) is 4.45. The van der Waals surface area contributed by atoms with Crippen LogP contribution in [0.1, 0.15) is 17.0 Å². The lowest BCUT2D eigenvalue weighted by atomic mass is 10.1. The van der Waals surface area contributed by atoms with E-state index in [9.17, 15) is 4.79 Å². The van der Waals surface area contributed by atoms with Gasteiger partial charge in [0.15, 0.2) is 0 Å². The summed E-state index contributed by atoms with van der Waals surface area (Å²) in [5.41, 5.74) is 4.33. The maximum absolute atomic E-state index is 12.2. The van der Waals surface area contributed by atoms with E-state index < -0.39 is 0 Å². The van der Waals surface area contributed by atoms with Gasteiger partial charge in [0.25, 0.3) is 0 Å². The van der Waals surface area contributed by atoms with Crippen molar-refractivity contribution in [3.05, 3.63) is 64.4 Å². The molecule has 2 aromatic carbocycles. The molecule has 24 heavy (non-hydrogen) atoms. The van der Waals surface area contributed by atoms with Crippen LogP contribution in [0.3, 0.4) is 0 Å². The molecule has 2 heterocycles. The van der Waals surface area contributed by atoms with Crippen molar-refractivity contribution in [1.29, 1.82) is 0 Å². The van der Waals surface area contributed by atoms with Crippen molar-refractivity contribution in [3.63, 3.8) is 0 Å². The number of carbonyl (C=O) groups excluding carboxylic acids is 1. The Hall–Kier alpha value is -2.37. The summed E-state index contributed by atoms with van der Waals surface area (Å²) < 4.78 is 0. The zero-order chi connectivity index (χ0) is 16.5. The number of aromatic amines is 1. The van der Waals surface area contributed by atoms with Crippen molar-refractivity contribution < 1.29 is 4.79 Å². The van der Waals surface area contributed by atoms with E-state index >= 15 is 0 Å². The number of H-pyrrole nitrogens is 1. The molecule has 122 valence electrons. The number of benzene rings is 2. The first-order valence-corrected chi connectivity index (χ1v) is 8.25. The van der Waals surface area contributed by atoms with Gasteiger partial charge in [-0.25, -0.2) is 4.98 Å². The third-order valence-electron chi connectivity index (χ3n) is 4.22. The lowest BCUT2D eigenvalue weighted by Crippen LogP contribution is -2.34. The number of aromatic nitrogens is 2. The van der Waals surface area contributed by atoms with Crippen molar-refractivity contribution in [2.45, 2.75) is 19.6 Å². The fourth-order valence-corrected chi connectivity index (χ4v) is 3.25. The average molecular weight is 341 g/mol. The zero-order valence-electron chi connectivity index (χ0n) is 13.1. The van der Waals surface area contributed by atoms with E-state index in [1.807, 2.05) is 24.3 Å². The number of imidazole rings is 1. The van der Waals surface area contributed by atoms with Crippen LogP contribution in [-0.2, 0) is 24.4 Å². The first-order chi connectivity index (χ1) is 11.7. The Labute approximate surface area is 144 Å². The third kappa shape index (κ3) is 3.13. The number of carbonyl (C=O) groups is 1. The molecule has 4 rings (SSSR count). The van der Waals surface area contributed by atoms with E-state index in [0.717, 1.165) is 29.9 Å². The van der Waals surface area contributed by atoms with Gasteiger partial charge in [0.05, 0.1) is 24.1 Å². The number of nitrogens with zero attached hydrogens (tertiary/aromatic N) is 2. The highest BCUT2D eigenvalue weighted by Crippen LogP contribution is 2.21. The minimum Gasteiger partial charge on any atom is -0.348 e. The number of hydrogen-bond acceptors (Lipinski definition) is 3. The van der Waals surface area contributed by atoms with Crippen molar-refractivity contribution >= 4 is 28.5 Å². The highest BCUT2D eigenvalue weighted by Gasteiger charge is 2.20. The number of hydrogen-bond donors (Lipinski definition) is 2. The van der Waals surface area contributed by atoms with Crippen LogP contribution in [0.25, 0.3) is 11.0 Å². The molecule has 0 fully saturated rings. The minimum atomic E-state index is 0.00120. The maximum Gasteiger partial charge on any atom is 0.234 e. The molecule has 0 radical (unpaired) electrons. The highest BCUT2D eigenvalue weighted by atomic mass is 35.5. The van der Waals surface area contributed by atoms with E-state index in [-0.39, 0.29) is 5.91 Å². The van der Waals surface area contributed by atoms with Crippen LogP contribution < -0.4 is 5.32 Å². The molecule has 0 atom stereocenters. The molecule has 6 heteroatoms. The lowest BCUT2D eigenvalue weighted by molar-refractivity contribution is -0.122. The monoisotopic (exact) mass is 340 g/mol. The summed E-state index contributed by atoms with van der Waals surface area (Å²) in [6.45, 7) is 2.42. The second-order valence-electron chi connectivity index (χ2n) is 6.04. The van der Waals surface area contributed by atoms with Gasteiger partial charge >= 0.3 is 0 Å². The molecule has 2 N–H and O–H groups in total. The molecular formula is C18H17ClN4O. The predicted molar refractivity (Wildman–Crippen MR) is 93.5 cm³/mol. The van der Waals surface area contributed by atoms with Crippen molar-refractivity contribution in [2.24, 2.45) is 0 Å². The SMILES string of the molecule is O=C(CN1Cc2ccccc2C1)NCc1nc2ccc(Cl)cc2[nH]1. The molecule has 1 aromatic heterocycles. The Morgan fingerprint density at radius 1 is 1.21 bits per heavy atom. The van der Waals surface area contributed by atoms with Crippen LogP contribution in [-0.4, -0.2) is 27.3 Å². The van der Waals surface area contributed by atoms with Crippen molar-refractivity contribution in [3.8, 4) is 0 Å². The van der Waals surface area contributed by atoms with Crippen LogP contribution >= 0.6 is 11.6 Å². The number of fused-ring (bicyclic) bond motifs is 2. The molecule has 1 aliphatic heterocycles. The number of amides is 1. The molecule has 0 spiro atoms. The van der Waals surface area contributed by atoms with Crippen LogP contribution in [0.2, 0.25) is 5.02 Å². The van der Waals surface area contributed by atoms with Gasteiger partial charge in [0.2, 0.25) is 5.91 Å². The number of rotatable bonds is 4. The van der Waals surface area contributed by atoms with Gasteiger partial charge < -0.3 is 10.3 Å². The van der Waals surface area contributed by atoms with E-state index in [4.69, 9.17) is 11.6 Å². The summed E-state index contributed by atoms with van der Waals surface area (Å²) >= 11 is 5.97. The summed E-state index contributed by atoms with van der Waals surface area (Å²) in [6, 6.07) is 13.8. The molecular weight excluding hydrogens is 324 g/mol. The molecule has 5 nitrogen and oxygen atoms in total. The first kappa shape index (κ1) is 15.2. The second kappa shape index (κ2) is 6.26. The Morgan fingerprint density at radius 2 is 1.96 bits per heavy atom. The molecule has 0 saturated carbocycles. The van der Waals surface area contributed by atoms with Crippen LogP contribution in [0.15, 0.2) is 42.5 Å². The molecule has 0 aliphatic carbocycles. The number of nitrogens with one attached hydrogen (secondary N) is 2. The van der Waals surface area contributed by atoms with Gasteiger partial charge in [-0.3, -0.25) is 9.69 Å². The molecule has 0 saturated heterocycles. The van der Waals surface area contributed by atoms with Gasteiger partial charge in [0.1, 0.15) is 5.82 Å². The molecule has 3 aromatic rings. The average Bonchev–Trinajstić information content (AvgIpc) is 3.15. The molecule has 0 bridgehead atoms. The van der Waals surface area contributed by atoms with Gasteiger partial charge in [-0.1, -0.05) is 35.9 Å².